The van der Waals surface area contributed by atoms with Crippen LogP contribution >= 0.6 is 11.8 Å². The number of rotatable bonds is 5. The van der Waals surface area contributed by atoms with Crippen molar-refractivity contribution >= 4 is 17.7 Å². The van der Waals surface area contributed by atoms with Gasteiger partial charge in [-0.05, 0) is 43.7 Å². The first-order valence-corrected chi connectivity index (χ1v) is 9.11. The molecular formula is C17H20FN3O2S. The molecule has 0 spiro atoms. The number of nitrogens with zero attached hydrogens (tertiary/aromatic N) is 2. The second-order valence-electron chi connectivity index (χ2n) is 6.17. The molecule has 0 bridgehead atoms. The first-order chi connectivity index (χ1) is 11.6. The van der Waals surface area contributed by atoms with Crippen LogP contribution in [0.2, 0.25) is 0 Å². The van der Waals surface area contributed by atoms with Gasteiger partial charge in [0.1, 0.15) is 5.82 Å². The molecule has 1 aromatic heterocycles. The lowest BCUT2D eigenvalue weighted by atomic mass is 9.87. The van der Waals surface area contributed by atoms with Crippen LogP contribution in [0.25, 0.3) is 11.5 Å². The molecule has 1 aromatic carbocycles. The second-order valence-corrected chi connectivity index (χ2v) is 7.09. The van der Waals surface area contributed by atoms with E-state index in [1.165, 1.54) is 6.07 Å². The van der Waals surface area contributed by atoms with Crippen molar-refractivity contribution in [3.05, 3.63) is 30.1 Å². The average molecular weight is 349 g/mol. The molecule has 0 radical (unpaired) electrons. The molecule has 1 fully saturated rings. The van der Waals surface area contributed by atoms with Crippen molar-refractivity contribution in [3.63, 3.8) is 0 Å². The van der Waals surface area contributed by atoms with Crippen molar-refractivity contribution in [2.24, 2.45) is 5.92 Å². The Kier molecular flexibility index (Phi) is 5.50. The molecule has 0 aliphatic heterocycles. The predicted molar refractivity (Wildman–Crippen MR) is 90.0 cm³/mol. The van der Waals surface area contributed by atoms with E-state index >= 15 is 0 Å². The van der Waals surface area contributed by atoms with Crippen LogP contribution in [0.5, 0.6) is 0 Å². The summed E-state index contributed by atoms with van der Waals surface area (Å²) in [5.41, 5.74) is 0.262. The average Bonchev–Trinajstić information content (AvgIpc) is 3.04. The Morgan fingerprint density at radius 3 is 2.79 bits per heavy atom. The maximum Gasteiger partial charge on any atom is 0.277 e. The molecule has 24 heavy (non-hydrogen) atoms. The Bertz CT molecular complexity index is 699. The molecule has 3 rings (SSSR count). The maximum atomic E-state index is 13.7. The largest absolute Gasteiger partial charge is 0.411 e. The van der Waals surface area contributed by atoms with Gasteiger partial charge in [-0.3, -0.25) is 4.79 Å². The number of hydrogen-bond acceptors (Lipinski definition) is 5. The van der Waals surface area contributed by atoms with Crippen molar-refractivity contribution < 1.29 is 13.6 Å². The molecule has 1 aliphatic rings. The zero-order chi connectivity index (χ0) is 16.9. The van der Waals surface area contributed by atoms with E-state index in [4.69, 9.17) is 4.42 Å². The Morgan fingerprint density at radius 1 is 1.29 bits per heavy atom. The van der Waals surface area contributed by atoms with Gasteiger partial charge in [-0.2, -0.15) is 0 Å². The van der Waals surface area contributed by atoms with E-state index < -0.39 is 5.82 Å². The number of nitrogens with one attached hydrogen (secondary N) is 1. The SMILES string of the molecule is CC1CCC(NC(=O)CSc2nnc(-c3ccccc3F)o2)CC1. The minimum absolute atomic E-state index is 0.0369. The Hall–Kier alpha value is -1.89. The predicted octanol–water partition coefficient (Wildman–Crippen LogP) is 3.66. The standard InChI is InChI=1S/C17H20FN3O2S/c1-11-6-8-12(9-7-11)19-15(22)10-24-17-21-20-16(23-17)13-4-2-3-5-14(13)18/h2-5,11-12H,6-10H2,1H3,(H,19,22). The molecule has 7 heteroatoms. The maximum absolute atomic E-state index is 13.7. The summed E-state index contributed by atoms with van der Waals surface area (Å²) in [7, 11) is 0. The highest BCUT2D eigenvalue weighted by molar-refractivity contribution is 7.99. The molecule has 1 amide bonds. The fourth-order valence-corrected chi connectivity index (χ4v) is 3.39. The van der Waals surface area contributed by atoms with E-state index in [0.717, 1.165) is 43.4 Å². The third-order valence-corrected chi connectivity index (χ3v) is 5.04. The Morgan fingerprint density at radius 2 is 2.04 bits per heavy atom. The summed E-state index contributed by atoms with van der Waals surface area (Å²) in [4.78, 5) is 12.0. The number of halogens is 1. The summed E-state index contributed by atoms with van der Waals surface area (Å²) in [6.07, 6.45) is 4.40. The van der Waals surface area contributed by atoms with Gasteiger partial charge in [0.2, 0.25) is 5.91 Å². The summed E-state index contributed by atoms with van der Waals surface area (Å²) in [6.45, 7) is 2.25. The van der Waals surface area contributed by atoms with Crippen molar-refractivity contribution in [1.29, 1.82) is 0 Å². The number of aromatic nitrogens is 2. The first-order valence-electron chi connectivity index (χ1n) is 8.12. The third kappa shape index (κ3) is 4.35. The molecule has 0 atom stereocenters. The van der Waals surface area contributed by atoms with Gasteiger partial charge in [0.15, 0.2) is 0 Å². The molecule has 128 valence electrons. The molecule has 5 nitrogen and oxygen atoms in total. The number of carbonyl (C=O) groups is 1. The van der Waals surface area contributed by atoms with Crippen molar-refractivity contribution in [3.8, 4) is 11.5 Å². The van der Waals surface area contributed by atoms with E-state index in [2.05, 4.69) is 22.4 Å². The molecule has 0 unspecified atom stereocenters. The molecule has 2 aromatic rings. The van der Waals surface area contributed by atoms with Gasteiger partial charge in [-0.25, -0.2) is 4.39 Å². The fraction of sp³-hybridized carbons (Fsp3) is 0.471. The lowest BCUT2D eigenvalue weighted by Gasteiger charge is -2.26. The lowest BCUT2D eigenvalue weighted by Crippen LogP contribution is -2.38. The van der Waals surface area contributed by atoms with Gasteiger partial charge in [0.05, 0.1) is 11.3 Å². The molecule has 1 aliphatic carbocycles. The minimum Gasteiger partial charge on any atom is -0.411 e. The number of carbonyl (C=O) groups excluding carboxylic acids is 1. The summed E-state index contributed by atoms with van der Waals surface area (Å²) in [5.74, 6) is 0.637. The molecule has 1 saturated carbocycles. The lowest BCUT2D eigenvalue weighted by molar-refractivity contribution is -0.119. The van der Waals surface area contributed by atoms with Crippen LogP contribution in [-0.2, 0) is 4.79 Å². The van der Waals surface area contributed by atoms with Crippen LogP contribution in [0.4, 0.5) is 4.39 Å². The minimum atomic E-state index is -0.415. The van der Waals surface area contributed by atoms with Crippen molar-refractivity contribution in [2.45, 2.75) is 43.9 Å². The topological polar surface area (TPSA) is 68.0 Å². The fourth-order valence-electron chi connectivity index (χ4n) is 2.81. The quantitative estimate of drug-likeness (QED) is 0.834. The van der Waals surface area contributed by atoms with Gasteiger partial charge in [0, 0.05) is 6.04 Å². The first kappa shape index (κ1) is 17.0. The summed E-state index contributed by atoms with van der Waals surface area (Å²) < 4.78 is 19.1. The van der Waals surface area contributed by atoms with E-state index in [-0.39, 0.29) is 34.4 Å². The van der Waals surface area contributed by atoms with Gasteiger partial charge >= 0.3 is 0 Å². The van der Waals surface area contributed by atoms with Crippen LogP contribution in [0.3, 0.4) is 0 Å². The number of amides is 1. The summed E-state index contributed by atoms with van der Waals surface area (Å²) in [5, 5.41) is 11.0. The van der Waals surface area contributed by atoms with Crippen molar-refractivity contribution in [2.75, 3.05) is 5.75 Å². The molecule has 0 saturated heterocycles. The number of thioether (sulfide) groups is 1. The highest BCUT2D eigenvalue weighted by Gasteiger charge is 2.20. The van der Waals surface area contributed by atoms with Crippen LogP contribution in [0, 0.1) is 11.7 Å². The monoisotopic (exact) mass is 349 g/mol. The number of hydrogen-bond donors (Lipinski definition) is 1. The van der Waals surface area contributed by atoms with E-state index in [1.807, 2.05) is 0 Å². The third-order valence-electron chi connectivity index (χ3n) is 4.22. The Balaban J connectivity index is 1.50. The van der Waals surface area contributed by atoms with Gasteiger partial charge < -0.3 is 9.73 Å². The zero-order valence-corrected chi connectivity index (χ0v) is 14.3. The smallest absolute Gasteiger partial charge is 0.277 e. The second kappa shape index (κ2) is 7.79. The molecular weight excluding hydrogens is 329 g/mol. The molecule has 1 heterocycles. The van der Waals surface area contributed by atoms with E-state index in [9.17, 15) is 9.18 Å². The highest BCUT2D eigenvalue weighted by atomic mass is 32.2. The van der Waals surface area contributed by atoms with Crippen LogP contribution in [0.15, 0.2) is 33.9 Å². The van der Waals surface area contributed by atoms with Crippen LogP contribution < -0.4 is 5.32 Å². The van der Waals surface area contributed by atoms with Crippen molar-refractivity contribution in [1.82, 2.24) is 15.5 Å². The van der Waals surface area contributed by atoms with Gasteiger partial charge in [0.25, 0.3) is 11.1 Å². The summed E-state index contributed by atoms with van der Waals surface area (Å²) in [6, 6.07) is 6.49. The highest BCUT2D eigenvalue weighted by Crippen LogP contribution is 2.26. The van der Waals surface area contributed by atoms with E-state index in [0.29, 0.717) is 0 Å². The molecule has 1 N–H and O–H groups in total. The van der Waals surface area contributed by atoms with Crippen LogP contribution in [-0.4, -0.2) is 27.9 Å². The number of benzene rings is 1. The van der Waals surface area contributed by atoms with E-state index in [1.54, 1.807) is 18.2 Å². The zero-order valence-electron chi connectivity index (χ0n) is 13.5. The van der Waals surface area contributed by atoms with Gasteiger partial charge in [-0.15, -0.1) is 10.2 Å². The Labute approximate surface area is 144 Å². The summed E-state index contributed by atoms with van der Waals surface area (Å²) >= 11 is 1.16. The van der Waals surface area contributed by atoms with Crippen LogP contribution in [0.1, 0.15) is 32.6 Å². The van der Waals surface area contributed by atoms with Gasteiger partial charge in [-0.1, -0.05) is 30.8 Å². The normalized spacial score (nSPS) is 20.8.